The van der Waals surface area contributed by atoms with E-state index in [1.165, 1.54) is 16.4 Å². The summed E-state index contributed by atoms with van der Waals surface area (Å²) < 4.78 is 26.0. The fraction of sp³-hybridized carbons (Fsp3) is 0.533. The Bertz CT molecular complexity index is 602. The van der Waals surface area contributed by atoms with Gasteiger partial charge < -0.3 is 4.90 Å². The van der Waals surface area contributed by atoms with Gasteiger partial charge in [0.25, 0.3) is 5.91 Å². The number of hydrogen-bond acceptors (Lipinski definition) is 3. The van der Waals surface area contributed by atoms with Crippen molar-refractivity contribution in [2.75, 3.05) is 20.1 Å². The summed E-state index contributed by atoms with van der Waals surface area (Å²) in [5, 5.41) is 0. The first-order valence-corrected chi connectivity index (χ1v) is 8.65. The zero-order chi connectivity index (χ0) is 15.6. The Balaban J connectivity index is 2.21. The normalized spacial score (nSPS) is 16.0. The van der Waals surface area contributed by atoms with Crippen LogP contribution in [0.2, 0.25) is 0 Å². The van der Waals surface area contributed by atoms with Crippen LogP contribution in [0.1, 0.15) is 37.0 Å². The molecule has 0 N–H and O–H groups in total. The van der Waals surface area contributed by atoms with Crippen LogP contribution in [0.5, 0.6) is 0 Å². The first-order valence-electron chi connectivity index (χ1n) is 7.21. The fourth-order valence-electron chi connectivity index (χ4n) is 2.32. The van der Waals surface area contributed by atoms with Crippen molar-refractivity contribution in [2.45, 2.75) is 37.6 Å². The van der Waals surface area contributed by atoms with Gasteiger partial charge in [0.1, 0.15) is 0 Å². The maximum atomic E-state index is 12.3. The van der Waals surface area contributed by atoms with E-state index < -0.39 is 10.0 Å². The van der Waals surface area contributed by atoms with Gasteiger partial charge >= 0.3 is 0 Å². The molecule has 0 unspecified atom stereocenters. The lowest BCUT2D eigenvalue weighted by Crippen LogP contribution is -2.33. The van der Waals surface area contributed by atoms with Gasteiger partial charge in [0, 0.05) is 31.7 Å². The molecule has 5 nitrogen and oxygen atoms in total. The van der Waals surface area contributed by atoms with Gasteiger partial charge in [-0.25, -0.2) is 8.42 Å². The molecule has 1 aliphatic rings. The maximum absolute atomic E-state index is 12.3. The van der Waals surface area contributed by atoms with E-state index in [0.29, 0.717) is 5.56 Å². The SMILES string of the molecule is CC(C)N(C)S(=O)(=O)c1ccc(C(=O)N2CCCC2)cc1. The van der Waals surface area contributed by atoms with Crippen LogP contribution in [0.4, 0.5) is 0 Å². The van der Waals surface area contributed by atoms with Crippen LogP contribution in [0.25, 0.3) is 0 Å². The maximum Gasteiger partial charge on any atom is 0.253 e. The van der Waals surface area contributed by atoms with Gasteiger partial charge in [0.05, 0.1) is 4.90 Å². The van der Waals surface area contributed by atoms with Crippen LogP contribution < -0.4 is 0 Å². The molecule has 0 atom stereocenters. The third-order valence-electron chi connectivity index (χ3n) is 3.90. The van der Waals surface area contributed by atoms with Crippen molar-refractivity contribution in [1.82, 2.24) is 9.21 Å². The number of amides is 1. The van der Waals surface area contributed by atoms with E-state index >= 15 is 0 Å². The van der Waals surface area contributed by atoms with E-state index in [2.05, 4.69) is 0 Å². The first kappa shape index (κ1) is 16.0. The second-order valence-corrected chi connectivity index (χ2v) is 7.64. The van der Waals surface area contributed by atoms with Crippen molar-refractivity contribution < 1.29 is 13.2 Å². The number of nitrogens with zero attached hydrogens (tertiary/aromatic N) is 2. The molecule has 1 aromatic rings. The molecule has 1 amide bonds. The summed E-state index contributed by atoms with van der Waals surface area (Å²) in [6.45, 7) is 5.22. The summed E-state index contributed by atoms with van der Waals surface area (Å²) in [6.07, 6.45) is 2.08. The van der Waals surface area contributed by atoms with Gasteiger partial charge in [-0.3, -0.25) is 4.79 Å². The molecule has 0 aromatic heterocycles. The summed E-state index contributed by atoms with van der Waals surface area (Å²) in [4.78, 5) is 14.2. The Morgan fingerprint density at radius 2 is 1.67 bits per heavy atom. The highest BCUT2D eigenvalue weighted by Crippen LogP contribution is 2.19. The third kappa shape index (κ3) is 3.27. The summed E-state index contributed by atoms with van der Waals surface area (Å²) in [5.74, 6) is -0.0198. The monoisotopic (exact) mass is 310 g/mol. The quantitative estimate of drug-likeness (QED) is 0.854. The largest absolute Gasteiger partial charge is 0.339 e. The highest BCUT2D eigenvalue weighted by Gasteiger charge is 2.24. The Morgan fingerprint density at radius 1 is 1.14 bits per heavy atom. The van der Waals surface area contributed by atoms with Gasteiger partial charge in [-0.1, -0.05) is 0 Å². The lowest BCUT2D eigenvalue weighted by atomic mass is 10.2. The molecular weight excluding hydrogens is 288 g/mol. The van der Waals surface area contributed by atoms with Crippen LogP contribution in [0.15, 0.2) is 29.2 Å². The molecule has 21 heavy (non-hydrogen) atoms. The molecule has 2 rings (SSSR count). The lowest BCUT2D eigenvalue weighted by Gasteiger charge is -2.21. The minimum absolute atomic E-state index is 0.0198. The highest BCUT2D eigenvalue weighted by molar-refractivity contribution is 7.89. The Kier molecular flexibility index (Phi) is 4.68. The van der Waals surface area contributed by atoms with E-state index in [0.717, 1.165) is 25.9 Å². The fourth-order valence-corrected chi connectivity index (χ4v) is 3.68. The molecule has 0 saturated carbocycles. The minimum atomic E-state index is -3.49. The van der Waals surface area contributed by atoms with Crippen molar-refractivity contribution in [2.24, 2.45) is 0 Å². The number of carbonyl (C=O) groups excluding carboxylic acids is 1. The summed E-state index contributed by atoms with van der Waals surface area (Å²) in [6, 6.07) is 6.11. The Morgan fingerprint density at radius 3 is 2.14 bits per heavy atom. The van der Waals surface area contributed by atoms with E-state index in [1.807, 2.05) is 18.7 Å². The van der Waals surface area contributed by atoms with E-state index in [1.54, 1.807) is 19.2 Å². The first-order chi connectivity index (χ1) is 9.84. The molecular formula is C15H22N2O3S. The molecule has 0 radical (unpaired) electrons. The van der Waals surface area contributed by atoms with Crippen molar-refractivity contribution >= 4 is 15.9 Å². The Labute approximate surface area is 126 Å². The van der Waals surface area contributed by atoms with Crippen LogP contribution in [0, 0.1) is 0 Å². The van der Waals surface area contributed by atoms with E-state index in [9.17, 15) is 13.2 Å². The standard InChI is InChI=1S/C15H22N2O3S/c1-12(2)16(3)21(19,20)14-8-6-13(7-9-14)15(18)17-10-4-5-11-17/h6-9,12H,4-5,10-11H2,1-3H3. The molecule has 1 saturated heterocycles. The average molecular weight is 310 g/mol. The minimum Gasteiger partial charge on any atom is -0.339 e. The number of sulfonamides is 1. The molecule has 0 aliphatic carbocycles. The topological polar surface area (TPSA) is 57.7 Å². The lowest BCUT2D eigenvalue weighted by molar-refractivity contribution is 0.0792. The molecule has 1 aromatic carbocycles. The zero-order valence-corrected chi connectivity index (χ0v) is 13.6. The molecule has 1 heterocycles. The van der Waals surface area contributed by atoms with Gasteiger partial charge in [-0.2, -0.15) is 4.31 Å². The molecule has 6 heteroatoms. The van der Waals surface area contributed by atoms with Crippen molar-refractivity contribution in [3.63, 3.8) is 0 Å². The summed E-state index contributed by atoms with van der Waals surface area (Å²) in [5.41, 5.74) is 0.544. The molecule has 0 spiro atoms. The third-order valence-corrected chi connectivity index (χ3v) is 5.95. The predicted octanol–water partition coefficient (Wildman–Crippen LogP) is 1.95. The van der Waals surface area contributed by atoms with Gasteiger partial charge in [0.2, 0.25) is 10.0 Å². The number of rotatable bonds is 4. The van der Waals surface area contributed by atoms with Crippen LogP contribution in [-0.2, 0) is 10.0 Å². The van der Waals surface area contributed by atoms with Crippen molar-refractivity contribution in [3.05, 3.63) is 29.8 Å². The second-order valence-electron chi connectivity index (χ2n) is 5.64. The molecule has 0 bridgehead atoms. The smallest absolute Gasteiger partial charge is 0.253 e. The van der Waals surface area contributed by atoms with Gasteiger partial charge in [0.15, 0.2) is 0 Å². The highest BCUT2D eigenvalue weighted by atomic mass is 32.2. The number of carbonyl (C=O) groups is 1. The summed E-state index contributed by atoms with van der Waals surface area (Å²) >= 11 is 0. The average Bonchev–Trinajstić information content (AvgIpc) is 2.99. The molecule has 1 fully saturated rings. The molecule has 116 valence electrons. The van der Waals surface area contributed by atoms with Crippen molar-refractivity contribution in [3.8, 4) is 0 Å². The van der Waals surface area contributed by atoms with E-state index in [-0.39, 0.29) is 16.8 Å². The predicted molar refractivity (Wildman–Crippen MR) is 81.7 cm³/mol. The number of hydrogen-bond donors (Lipinski definition) is 0. The zero-order valence-electron chi connectivity index (χ0n) is 12.7. The molecule has 1 aliphatic heterocycles. The van der Waals surface area contributed by atoms with Crippen LogP contribution in [0.3, 0.4) is 0 Å². The Hall–Kier alpha value is -1.40. The van der Waals surface area contributed by atoms with Crippen LogP contribution in [-0.4, -0.2) is 49.7 Å². The van der Waals surface area contributed by atoms with Gasteiger partial charge in [-0.05, 0) is 51.0 Å². The number of benzene rings is 1. The van der Waals surface area contributed by atoms with Crippen molar-refractivity contribution in [1.29, 1.82) is 0 Å². The summed E-state index contributed by atoms with van der Waals surface area (Å²) in [7, 11) is -1.93. The van der Waals surface area contributed by atoms with Gasteiger partial charge in [-0.15, -0.1) is 0 Å². The van der Waals surface area contributed by atoms with Crippen LogP contribution >= 0.6 is 0 Å². The van der Waals surface area contributed by atoms with E-state index in [4.69, 9.17) is 0 Å². The number of likely N-dealkylation sites (tertiary alicyclic amines) is 1. The second kappa shape index (κ2) is 6.15.